The van der Waals surface area contributed by atoms with Crippen molar-refractivity contribution in [1.29, 1.82) is 0 Å². The molecule has 2 aromatic carbocycles. The Morgan fingerprint density at radius 3 is 2.42 bits per heavy atom. The third-order valence-corrected chi connectivity index (χ3v) is 4.94. The van der Waals surface area contributed by atoms with E-state index in [1.807, 2.05) is 34.9 Å². The van der Waals surface area contributed by atoms with Crippen LogP contribution < -0.4 is 9.47 Å². The van der Waals surface area contributed by atoms with Gasteiger partial charge < -0.3 is 19.1 Å². The molecule has 0 unspecified atom stereocenters. The molecule has 1 N–H and O–H groups in total. The Morgan fingerprint density at radius 2 is 1.81 bits per heavy atom. The maximum Gasteiger partial charge on any atom is 0.573 e. The molecule has 8 heteroatoms. The van der Waals surface area contributed by atoms with Gasteiger partial charge in [-0.05, 0) is 29.8 Å². The SMILES string of the molecule is COc1ccc(-c2c(CO)n(Cc3ccccc3)c3ccc(OC(F)(F)F)cc23)cn1. The van der Waals surface area contributed by atoms with Crippen LogP contribution in [0.2, 0.25) is 0 Å². The molecule has 160 valence electrons. The molecule has 2 heterocycles. The van der Waals surface area contributed by atoms with Crippen LogP contribution in [0, 0.1) is 0 Å². The number of ether oxygens (including phenoxy) is 2. The summed E-state index contributed by atoms with van der Waals surface area (Å²) in [7, 11) is 1.49. The summed E-state index contributed by atoms with van der Waals surface area (Å²) in [4.78, 5) is 4.21. The number of halogens is 3. The predicted octanol–water partition coefficient (Wildman–Crippen LogP) is 5.15. The van der Waals surface area contributed by atoms with Gasteiger partial charge >= 0.3 is 6.36 Å². The fraction of sp³-hybridized carbons (Fsp3) is 0.174. The van der Waals surface area contributed by atoms with Crippen LogP contribution in [0.15, 0.2) is 66.9 Å². The van der Waals surface area contributed by atoms with E-state index in [1.165, 1.54) is 19.2 Å². The van der Waals surface area contributed by atoms with Crippen molar-refractivity contribution in [2.24, 2.45) is 0 Å². The number of hydrogen-bond acceptors (Lipinski definition) is 4. The minimum atomic E-state index is -4.80. The van der Waals surface area contributed by atoms with Crippen molar-refractivity contribution < 1.29 is 27.8 Å². The number of fused-ring (bicyclic) bond motifs is 1. The van der Waals surface area contributed by atoms with E-state index in [-0.39, 0.29) is 12.4 Å². The summed E-state index contributed by atoms with van der Waals surface area (Å²) < 4.78 is 49.5. The zero-order valence-electron chi connectivity index (χ0n) is 16.6. The van der Waals surface area contributed by atoms with Crippen molar-refractivity contribution in [3.63, 3.8) is 0 Å². The van der Waals surface area contributed by atoms with Gasteiger partial charge in [0.1, 0.15) is 5.75 Å². The molecular formula is C23H19F3N2O3. The van der Waals surface area contributed by atoms with Gasteiger partial charge in [-0.2, -0.15) is 0 Å². The molecule has 0 saturated carbocycles. The van der Waals surface area contributed by atoms with Crippen molar-refractivity contribution in [3.05, 3.63) is 78.1 Å². The zero-order chi connectivity index (χ0) is 22.0. The minimum absolute atomic E-state index is 0.307. The highest BCUT2D eigenvalue weighted by atomic mass is 19.4. The highest BCUT2D eigenvalue weighted by Crippen LogP contribution is 2.38. The molecule has 4 aromatic rings. The Hall–Kier alpha value is -3.52. The highest BCUT2D eigenvalue weighted by molar-refractivity contribution is 5.99. The molecule has 0 spiro atoms. The topological polar surface area (TPSA) is 56.5 Å². The first-order valence-electron chi connectivity index (χ1n) is 9.45. The monoisotopic (exact) mass is 428 g/mol. The average molecular weight is 428 g/mol. The van der Waals surface area contributed by atoms with Crippen LogP contribution in [0.25, 0.3) is 22.0 Å². The molecule has 2 aromatic heterocycles. The van der Waals surface area contributed by atoms with E-state index in [4.69, 9.17) is 4.74 Å². The van der Waals surface area contributed by atoms with Gasteiger partial charge in [0.2, 0.25) is 5.88 Å². The lowest BCUT2D eigenvalue weighted by Crippen LogP contribution is -2.17. The van der Waals surface area contributed by atoms with Gasteiger partial charge in [-0.3, -0.25) is 0 Å². The largest absolute Gasteiger partial charge is 0.573 e. The second-order valence-electron chi connectivity index (χ2n) is 6.87. The van der Waals surface area contributed by atoms with E-state index in [9.17, 15) is 18.3 Å². The second-order valence-corrected chi connectivity index (χ2v) is 6.87. The van der Waals surface area contributed by atoms with E-state index in [1.54, 1.807) is 24.4 Å². The number of benzene rings is 2. The summed E-state index contributed by atoms with van der Waals surface area (Å²) >= 11 is 0. The maximum absolute atomic E-state index is 12.8. The molecular weight excluding hydrogens is 409 g/mol. The number of aliphatic hydroxyl groups is 1. The quantitative estimate of drug-likeness (QED) is 0.461. The summed E-state index contributed by atoms with van der Waals surface area (Å²) in [6.07, 6.45) is -3.24. The molecule has 0 bridgehead atoms. The first-order chi connectivity index (χ1) is 14.9. The summed E-state index contributed by atoms with van der Waals surface area (Å²) in [5, 5.41) is 10.7. The molecule has 5 nitrogen and oxygen atoms in total. The van der Waals surface area contributed by atoms with Crippen LogP contribution in [0.3, 0.4) is 0 Å². The molecule has 4 rings (SSSR count). The summed E-state index contributed by atoms with van der Waals surface area (Å²) in [6.45, 7) is 0.134. The minimum Gasteiger partial charge on any atom is -0.481 e. The average Bonchev–Trinajstić information content (AvgIpc) is 3.06. The van der Waals surface area contributed by atoms with Crippen LogP contribution in [0.4, 0.5) is 13.2 Å². The summed E-state index contributed by atoms with van der Waals surface area (Å²) in [6, 6.07) is 17.2. The van der Waals surface area contributed by atoms with Gasteiger partial charge in [0.15, 0.2) is 0 Å². The van der Waals surface area contributed by atoms with Crippen LogP contribution >= 0.6 is 0 Å². The second kappa shape index (κ2) is 8.31. The smallest absolute Gasteiger partial charge is 0.481 e. The number of aromatic nitrogens is 2. The highest BCUT2D eigenvalue weighted by Gasteiger charge is 2.31. The van der Waals surface area contributed by atoms with Crippen LogP contribution in [0.5, 0.6) is 11.6 Å². The molecule has 0 amide bonds. The third kappa shape index (κ3) is 4.34. The van der Waals surface area contributed by atoms with Gasteiger partial charge in [0, 0.05) is 40.8 Å². The van der Waals surface area contributed by atoms with Crippen molar-refractivity contribution in [1.82, 2.24) is 9.55 Å². The fourth-order valence-electron chi connectivity index (χ4n) is 3.67. The Morgan fingerprint density at radius 1 is 1.03 bits per heavy atom. The standard InChI is InChI=1S/C23H19F3N2O3/c1-30-21-10-7-16(12-27-21)22-18-11-17(31-23(24,25)26)8-9-19(18)28(20(22)14-29)13-15-5-3-2-4-6-15/h2-12,29H,13-14H2,1H3. The van der Waals surface area contributed by atoms with Gasteiger partial charge in [0.05, 0.1) is 19.4 Å². The summed E-state index contributed by atoms with van der Waals surface area (Å²) in [5.74, 6) is 0.0764. The lowest BCUT2D eigenvalue weighted by atomic mass is 10.0. The van der Waals surface area contributed by atoms with Crippen LogP contribution in [-0.2, 0) is 13.2 Å². The van der Waals surface area contributed by atoms with E-state index < -0.39 is 6.36 Å². The Labute approximate surface area is 176 Å². The molecule has 0 atom stereocenters. The van der Waals surface area contributed by atoms with Crippen LogP contribution in [-0.4, -0.2) is 28.1 Å². The Balaban J connectivity index is 1.93. The van der Waals surface area contributed by atoms with Gasteiger partial charge in [0.25, 0.3) is 0 Å². The van der Waals surface area contributed by atoms with Gasteiger partial charge in [-0.25, -0.2) is 4.98 Å². The van der Waals surface area contributed by atoms with E-state index in [0.717, 1.165) is 5.56 Å². The number of aliphatic hydroxyl groups excluding tert-OH is 1. The van der Waals surface area contributed by atoms with Crippen molar-refractivity contribution >= 4 is 10.9 Å². The number of rotatable bonds is 6. The first kappa shape index (κ1) is 20.7. The van der Waals surface area contributed by atoms with E-state index in [0.29, 0.717) is 40.1 Å². The molecule has 0 fully saturated rings. The lowest BCUT2D eigenvalue weighted by Gasteiger charge is -2.11. The van der Waals surface area contributed by atoms with Gasteiger partial charge in [-0.1, -0.05) is 30.3 Å². The van der Waals surface area contributed by atoms with E-state index in [2.05, 4.69) is 9.72 Å². The molecule has 31 heavy (non-hydrogen) atoms. The fourth-order valence-corrected chi connectivity index (χ4v) is 3.67. The van der Waals surface area contributed by atoms with Crippen LogP contribution in [0.1, 0.15) is 11.3 Å². The Bertz CT molecular complexity index is 1190. The lowest BCUT2D eigenvalue weighted by molar-refractivity contribution is -0.274. The Kier molecular flexibility index (Phi) is 5.56. The van der Waals surface area contributed by atoms with Crippen molar-refractivity contribution in [2.45, 2.75) is 19.5 Å². The molecule has 0 aliphatic heterocycles. The molecule has 0 aliphatic rings. The van der Waals surface area contributed by atoms with E-state index >= 15 is 0 Å². The third-order valence-electron chi connectivity index (χ3n) is 4.94. The first-order valence-corrected chi connectivity index (χ1v) is 9.45. The normalized spacial score (nSPS) is 11.6. The van der Waals surface area contributed by atoms with Crippen molar-refractivity contribution in [3.8, 4) is 22.8 Å². The molecule has 0 aliphatic carbocycles. The number of nitrogens with zero attached hydrogens (tertiary/aromatic N) is 2. The predicted molar refractivity (Wildman–Crippen MR) is 110 cm³/mol. The maximum atomic E-state index is 12.8. The summed E-state index contributed by atoms with van der Waals surface area (Å²) in [5.41, 5.74) is 3.47. The number of hydrogen-bond donors (Lipinski definition) is 1. The zero-order valence-corrected chi connectivity index (χ0v) is 16.6. The number of pyridine rings is 1. The van der Waals surface area contributed by atoms with Gasteiger partial charge in [-0.15, -0.1) is 13.2 Å². The molecule has 0 saturated heterocycles. The number of alkyl halides is 3. The van der Waals surface area contributed by atoms with Crippen molar-refractivity contribution in [2.75, 3.05) is 7.11 Å². The molecule has 0 radical (unpaired) electrons. The number of methoxy groups -OCH3 is 1.